The monoisotopic (exact) mass is 583 g/mol. The van der Waals surface area contributed by atoms with Gasteiger partial charge in [0.2, 0.25) is 0 Å². The van der Waals surface area contributed by atoms with Crippen molar-refractivity contribution in [2.75, 3.05) is 21.1 Å². The number of hydrogen-bond acceptors (Lipinski definition) is 1. The summed E-state index contributed by atoms with van der Waals surface area (Å²) >= 11 is 0.700. The third-order valence-electron chi connectivity index (χ3n) is 1.50. The maximum atomic E-state index is 8.26. The van der Waals surface area contributed by atoms with Crippen molar-refractivity contribution in [3.63, 3.8) is 0 Å². The van der Waals surface area contributed by atoms with E-state index in [0.717, 1.165) is 11.0 Å². The van der Waals surface area contributed by atoms with Crippen LogP contribution in [0.5, 0.6) is 0 Å². The van der Waals surface area contributed by atoms with Gasteiger partial charge in [0.05, 0.1) is 21.1 Å². The van der Waals surface area contributed by atoms with E-state index in [2.05, 4.69) is 51.5 Å². The van der Waals surface area contributed by atoms with Gasteiger partial charge < -0.3 is 21.5 Å². The SMILES string of the molecule is Br.Br.Br.C[N+](C)(C)Cc1ccccc1.[Br-].[O]=[Mo]. The Labute approximate surface area is 157 Å². The molecule has 1 aromatic rings. The summed E-state index contributed by atoms with van der Waals surface area (Å²) < 4.78 is 9.25. The van der Waals surface area contributed by atoms with Gasteiger partial charge in [-0.1, -0.05) is 30.3 Å². The van der Waals surface area contributed by atoms with Gasteiger partial charge in [0.25, 0.3) is 0 Å². The van der Waals surface area contributed by atoms with E-state index in [1.54, 1.807) is 0 Å². The van der Waals surface area contributed by atoms with Crippen molar-refractivity contribution in [2.24, 2.45) is 0 Å². The van der Waals surface area contributed by atoms with Crippen LogP contribution < -0.4 is 17.0 Å². The summed E-state index contributed by atoms with van der Waals surface area (Å²) in [5, 5.41) is 0. The molecule has 0 aliphatic rings. The molecule has 17 heavy (non-hydrogen) atoms. The molecular formula is C10H19Br4MoNO. The summed E-state index contributed by atoms with van der Waals surface area (Å²) in [6, 6.07) is 10.6. The Bertz CT molecular complexity index is 244. The van der Waals surface area contributed by atoms with Crippen LogP contribution in [0.4, 0.5) is 0 Å². The first-order valence-electron chi connectivity index (χ1n) is 4.09. The van der Waals surface area contributed by atoms with Crippen LogP contribution in [0.3, 0.4) is 0 Å². The molecule has 0 bridgehead atoms. The Kier molecular flexibility index (Phi) is 32.2. The van der Waals surface area contributed by atoms with E-state index in [1.807, 2.05) is 0 Å². The maximum absolute atomic E-state index is 8.26. The van der Waals surface area contributed by atoms with Gasteiger partial charge in [-0.05, 0) is 0 Å². The van der Waals surface area contributed by atoms with Crippen LogP contribution in [-0.4, -0.2) is 25.6 Å². The third-order valence-corrected chi connectivity index (χ3v) is 1.50. The topological polar surface area (TPSA) is 17.1 Å². The van der Waals surface area contributed by atoms with E-state index in [4.69, 9.17) is 3.40 Å². The second-order valence-electron chi connectivity index (χ2n) is 3.93. The Hall–Kier alpha value is 1.59. The minimum atomic E-state index is 0. The number of hydrogen-bond donors (Lipinski definition) is 0. The Morgan fingerprint density at radius 2 is 1.29 bits per heavy atom. The molecule has 0 unspecified atom stereocenters. The number of quaternary nitrogens is 1. The Balaban J connectivity index is -0.0000000760. The molecule has 0 aliphatic carbocycles. The summed E-state index contributed by atoms with van der Waals surface area (Å²) in [5.74, 6) is 0. The van der Waals surface area contributed by atoms with Gasteiger partial charge in [-0.2, -0.15) is 0 Å². The molecule has 0 radical (unpaired) electrons. The molecule has 0 saturated carbocycles. The molecule has 1 rings (SSSR count). The normalized spacial score (nSPS) is 7.71. The van der Waals surface area contributed by atoms with E-state index >= 15 is 0 Å². The first-order valence-corrected chi connectivity index (χ1v) is 4.91. The predicted octanol–water partition coefficient (Wildman–Crippen LogP) is 0.509. The molecule has 1 aromatic carbocycles. The summed E-state index contributed by atoms with van der Waals surface area (Å²) in [6.45, 7) is 1.10. The van der Waals surface area contributed by atoms with Crippen molar-refractivity contribution in [2.45, 2.75) is 6.54 Å². The van der Waals surface area contributed by atoms with Crippen molar-refractivity contribution in [1.29, 1.82) is 0 Å². The molecule has 0 spiro atoms. The van der Waals surface area contributed by atoms with Gasteiger partial charge >= 0.3 is 23.2 Å². The average Bonchev–Trinajstić information content (AvgIpc) is 2.07. The molecule has 7 heteroatoms. The van der Waals surface area contributed by atoms with Crippen LogP contribution in [0.15, 0.2) is 30.3 Å². The molecule has 0 amide bonds. The van der Waals surface area contributed by atoms with Gasteiger partial charge in [-0.25, -0.2) is 0 Å². The van der Waals surface area contributed by atoms with Gasteiger partial charge in [-0.15, -0.1) is 50.9 Å². The number of nitrogens with zero attached hydrogens (tertiary/aromatic N) is 1. The van der Waals surface area contributed by atoms with Gasteiger partial charge in [0, 0.05) is 5.56 Å². The van der Waals surface area contributed by atoms with Gasteiger partial charge in [-0.3, -0.25) is 0 Å². The van der Waals surface area contributed by atoms with Crippen LogP contribution in [0.1, 0.15) is 5.56 Å². The van der Waals surface area contributed by atoms with E-state index in [1.165, 1.54) is 5.56 Å². The fourth-order valence-electron chi connectivity index (χ4n) is 1.13. The first kappa shape index (κ1) is 31.1. The Morgan fingerprint density at radius 3 is 1.59 bits per heavy atom. The van der Waals surface area contributed by atoms with Crippen LogP contribution in [0.25, 0.3) is 0 Å². The predicted molar refractivity (Wildman–Crippen MR) is 79.8 cm³/mol. The van der Waals surface area contributed by atoms with Crippen molar-refractivity contribution in [3.05, 3.63) is 35.9 Å². The number of halogens is 4. The van der Waals surface area contributed by atoms with Gasteiger partial charge in [0.1, 0.15) is 6.54 Å². The molecule has 0 heterocycles. The molecule has 0 atom stereocenters. The summed E-state index contributed by atoms with van der Waals surface area (Å²) in [5.41, 5.74) is 1.40. The van der Waals surface area contributed by atoms with Crippen LogP contribution >= 0.6 is 50.9 Å². The molecule has 2 nitrogen and oxygen atoms in total. The summed E-state index contributed by atoms with van der Waals surface area (Å²) in [6.07, 6.45) is 0. The molecule has 104 valence electrons. The first-order chi connectivity index (χ1) is 6.08. The zero-order valence-electron chi connectivity index (χ0n) is 9.96. The molecular weight excluding hydrogens is 566 g/mol. The zero-order chi connectivity index (χ0) is 10.3. The van der Waals surface area contributed by atoms with Crippen LogP contribution in [0.2, 0.25) is 0 Å². The van der Waals surface area contributed by atoms with E-state index in [-0.39, 0.29) is 67.9 Å². The fourth-order valence-corrected chi connectivity index (χ4v) is 1.13. The van der Waals surface area contributed by atoms with Crippen molar-refractivity contribution >= 4 is 50.9 Å². The van der Waals surface area contributed by atoms with Crippen LogP contribution in [-0.2, 0) is 29.7 Å². The molecule has 0 N–H and O–H groups in total. The van der Waals surface area contributed by atoms with Gasteiger partial charge in [0.15, 0.2) is 0 Å². The third kappa shape index (κ3) is 20.1. The summed E-state index contributed by atoms with van der Waals surface area (Å²) in [7, 11) is 6.60. The minimum absolute atomic E-state index is 0. The zero-order valence-corrected chi connectivity index (χ0v) is 18.7. The number of benzene rings is 1. The van der Waals surface area contributed by atoms with Crippen molar-refractivity contribution in [1.82, 2.24) is 0 Å². The molecule has 0 aromatic heterocycles. The second kappa shape index (κ2) is 17.6. The molecule has 0 fully saturated rings. The fraction of sp³-hybridized carbons (Fsp3) is 0.400. The second-order valence-corrected chi connectivity index (χ2v) is 3.93. The van der Waals surface area contributed by atoms with Crippen molar-refractivity contribution in [3.8, 4) is 0 Å². The standard InChI is InChI=1S/C10H16N.4BrH.Mo.O/c1-11(2,3)9-10-7-5-4-6-8-10;;;;;;/h4-8H,9H2,1-3H3;4*1H;;/q+1;;;;;;/p-1. The van der Waals surface area contributed by atoms with E-state index in [9.17, 15) is 0 Å². The molecule has 0 aliphatic heterocycles. The quantitative estimate of drug-likeness (QED) is 0.366. The summed E-state index contributed by atoms with van der Waals surface area (Å²) in [4.78, 5) is 0. The van der Waals surface area contributed by atoms with Crippen molar-refractivity contribution < 1.29 is 44.6 Å². The van der Waals surface area contributed by atoms with E-state index in [0.29, 0.717) is 19.8 Å². The Morgan fingerprint density at radius 1 is 0.941 bits per heavy atom. The molecule has 0 saturated heterocycles. The van der Waals surface area contributed by atoms with E-state index < -0.39 is 0 Å². The average molecular weight is 585 g/mol. The van der Waals surface area contributed by atoms with Crippen LogP contribution in [0, 0.1) is 0 Å². The number of rotatable bonds is 2.